The Labute approximate surface area is 90.6 Å². The first-order valence-corrected chi connectivity index (χ1v) is 4.98. The standard InChI is InChI=1S/C13H16O2/c1-10(2)8-9-15-13-6-4-12(5-7-13)11(3)14/h4-7H,1,8-9H2,2-3H3. The smallest absolute Gasteiger partial charge is 0.159 e. The summed E-state index contributed by atoms with van der Waals surface area (Å²) < 4.78 is 5.48. The van der Waals surface area contributed by atoms with Crippen molar-refractivity contribution in [2.24, 2.45) is 0 Å². The third kappa shape index (κ3) is 3.98. The van der Waals surface area contributed by atoms with Crippen molar-refractivity contribution in [1.82, 2.24) is 0 Å². The number of rotatable bonds is 5. The van der Waals surface area contributed by atoms with Gasteiger partial charge in [-0.3, -0.25) is 4.79 Å². The molecule has 0 saturated heterocycles. The van der Waals surface area contributed by atoms with Gasteiger partial charge in [-0.1, -0.05) is 5.57 Å². The molecule has 0 aliphatic rings. The minimum Gasteiger partial charge on any atom is -0.493 e. The maximum absolute atomic E-state index is 11.0. The van der Waals surface area contributed by atoms with Crippen LogP contribution in [-0.2, 0) is 0 Å². The van der Waals surface area contributed by atoms with E-state index in [1.807, 2.05) is 19.1 Å². The largest absolute Gasteiger partial charge is 0.493 e. The Morgan fingerprint density at radius 1 is 1.27 bits per heavy atom. The molecule has 0 unspecified atom stereocenters. The van der Waals surface area contributed by atoms with Crippen molar-refractivity contribution in [2.75, 3.05) is 6.61 Å². The van der Waals surface area contributed by atoms with Gasteiger partial charge in [-0.05, 0) is 38.1 Å². The molecular formula is C13H16O2. The second kappa shape index (κ2) is 5.35. The molecule has 15 heavy (non-hydrogen) atoms. The summed E-state index contributed by atoms with van der Waals surface area (Å²) in [5.41, 5.74) is 1.82. The van der Waals surface area contributed by atoms with Gasteiger partial charge in [0.2, 0.25) is 0 Å². The molecule has 0 saturated carbocycles. The minimum absolute atomic E-state index is 0.0727. The first kappa shape index (κ1) is 11.5. The lowest BCUT2D eigenvalue weighted by atomic mass is 10.1. The van der Waals surface area contributed by atoms with Gasteiger partial charge < -0.3 is 4.74 Å². The number of carbonyl (C=O) groups is 1. The van der Waals surface area contributed by atoms with Crippen LogP contribution in [0.25, 0.3) is 0 Å². The van der Waals surface area contributed by atoms with Crippen LogP contribution >= 0.6 is 0 Å². The summed E-state index contributed by atoms with van der Waals surface area (Å²) in [4.78, 5) is 11.0. The van der Waals surface area contributed by atoms with E-state index in [1.54, 1.807) is 19.1 Å². The third-order valence-corrected chi connectivity index (χ3v) is 2.06. The number of benzene rings is 1. The molecule has 0 N–H and O–H groups in total. The van der Waals surface area contributed by atoms with Crippen LogP contribution in [0.3, 0.4) is 0 Å². The van der Waals surface area contributed by atoms with Crippen LogP contribution in [0.4, 0.5) is 0 Å². The number of hydrogen-bond acceptors (Lipinski definition) is 2. The van der Waals surface area contributed by atoms with Crippen molar-refractivity contribution in [1.29, 1.82) is 0 Å². The van der Waals surface area contributed by atoms with Gasteiger partial charge in [0.1, 0.15) is 5.75 Å². The number of Topliss-reactive ketones (excluding diaryl/α,β-unsaturated/α-hetero) is 1. The van der Waals surface area contributed by atoms with Crippen molar-refractivity contribution in [3.8, 4) is 5.75 Å². The molecule has 80 valence electrons. The average Bonchev–Trinajstić information content (AvgIpc) is 2.18. The molecule has 1 aromatic rings. The van der Waals surface area contributed by atoms with Crippen molar-refractivity contribution in [3.05, 3.63) is 42.0 Å². The summed E-state index contributed by atoms with van der Waals surface area (Å²) in [6.07, 6.45) is 0.856. The summed E-state index contributed by atoms with van der Waals surface area (Å²) >= 11 is 0. The molecule has 0 bridgehead atoms. The zero-order chi connectivity index (χ0) is 11.3. The second-order valence-electron chi connectivity index (χ2n) is 3.64. The van der Waals surface area contributed by atoms with E-state index in [2.05, 4.69) is 6.58 Å². The van der Waals surface area contributed by atoms with E-state index >= 15 is 0 Å². The summed E-state index contributed by atoms with van der Waals surface area (Å²) in [5.74, 6) is 0.865. The predicted molar refractivity (Wildman–Crippen MR) is 61.4 cm³/mol. The Morgan fingerprint density at radius 3 is 2.33 bits per heavy atom. The molecule has 0 radical (unpaired) electrons. The number of hydrogen-bond donors (Lipinski definition) is 0. The normalized spacial score (nSPS) is 9.73. The Kier molecular flexibility index (Phi) is 4.10. The van der Waals surface area contributed by atoms with E-state index in [9.17, 15) is 4.79 Å². The Bertz CT molecular complexity index is 349. The molecular weight excluding hydrogens is 188 g/mol. The van der Waals surface area contributed by atoms with Crippen LogP contribution in [0.1, 0.15) is 30.6 Å². The minimum atomic E-state index is 0.0727. The quantitative estimate of drug-likeness (QED) is 0.543. The number of carbonyl (C=O) groups excluding carboxylic acids is 1. The lowest BCUT2D eigenvalue weighted by Gasteiger charge is -2.06. The van der Waals surface area contributed by atoms with Gasteiger partial charge in [0.05, 0.1) is 6.61 Å². The summed E-state index contributed by atoms with van der Waals surface area (Å²) in [6, 6.07) is 7.18. The Hall–Kier alpha value is -1.57. The molecule has 0 aliphatic heterocycles. The van der Waals surface area contributed by atoms with Crippen molar-refractivity contribution >= 4 is 5.78 Å². The van der Waals surface area contributed by atoms with E-state index < -0.39 is 0 Å². The molecule has 2 nitrogen and oxygen atoms in total. The van der Waals surface area contributed by atoms with E-state index in [0.717, 1.165) is 17.7 Å². The van der Waals surface area contributed by atoms with Crippen molar-refractivity contribution < 1.29 is 9.53 Å². The van der Waals surface area contributed by atoms with Gasteiger partial charge in [-0.25, -0.2) is 0 Å². The molecule has 0 amide bonds. The highest BCUT2D eigenvalue weighted by Gasteiger charge is 1.99. The fraction of sp³-hybridized carbons (Fsp3) is 0.308. The van der Waals surface area contributed by atoms with E-state index in [-0.39, 0.29) is 5.78 Å². The SMILES string of the molecule is C=C(C)CCOc1ccc(C(C)=O)cc1. The molecule has 0 heterocycles. The first-order chi connectivity index (χ1) is 7.09. The van der Waals surface area contributed by atoms with Crippen LogP contribution in [0.2, 0.25) is 0 Å². The zero-order valence-corrected chi connectivity index (χ0v) is 9.25. The van der Waals surface area contributed by atoms with Crippen LogP contribution in [0.15, 0.2) is 36.4 Å². The van der Waals surface area contributed by atoms with Crippen LogP contribution in [0.5, 0.6) is 5.75 Å². The molecule has 0 fully saturated rings. The lowest BCUT2D eigenvalue weighted by molar-refractivity contribution is 0.101. The Morgan fingerprint density at radius 2 is 1.87 bits per heavy atom. The van der Waals surface area contributed by atoms with E-state index in [1.165, 1.54) is 0 Å². The maximum atomic E-state index is 11.0. The molecule has 1 rings (SSSR count). The monoisotopic (exact) mass is 204 g/mol. The van der Waals surface area contributed by atoms with E-state index in [0.29, 0.717) is 12.2 Å². The van der Waals surface area contributed by atoms with Gasteiger partial charge in [0, 0.05) is 12.0 Å². The maximum Gasteiger partial charge on any atom is 0.159 e. The van der Waals surface area contributed by atoms with Gasteiger partial charge in [0.25, 0.3) is 0 Å². The third-order valence-electron chi connectivity index (χ3n) is 2.06. The highest BCUT2D eigenvalue weighted by atomic mass is 16.5. The molecule has 0 aliphatic carbocycles. The van der Waals surface area contributed by atoms with Crippen LogP contribution in [0, 0.1) is 0 Å². The fourth-order valence-electron chi connectivity index (χ4n) is 1.13. The van der Waals surface area contributed by atoms with Crippen LogP contribution in [-0.4, -0.2) is 12.4 Å². The zero-order valence-electron chi connectivity index (χ0n) is 9.25. The van der Waals surface area contributed by atoms with Gasteiger partial charge in [-0.2, -0.15) is 0 Å². The topological polar surface area (TPSA) is 26.3 Å². The van der Waals surface area contributed by atoms with Crippen LogP contribution < -0.4 is 4.74 Å². The van der Waals surface area contributed by atoms with Crippen molar-refractivity contribution in [3.63, 3.8) is 0 Å². The van der Waals surface area contributed by atoms with Gasteiger partial charge in [0.15, 0.2) is 5.78 Å². The van der Waals surface area contributed by atoms with Crippen molar-refractivity contribution in [2.45, 2.75) is 20.3 Å². The fourth-order valence-corrected chi connectivity index (χ4v) is 1.13. The summed E-state index contributed by atoms with van der Waals surface area (Å²) in [6.45, 7) is 7.96. The summed E-state index contributed by atoms with van der Waals surface area (Å²) in [7, 11) is 0. The average molecular weight is 204 g/mol. The highest BCUT2D eigenvalue weighted by Crippen LogP contribution is 2.13. The van der Waals surface area contributed by atoms with E-state index in [4.69, 9.17) is 4.74 Å². The second-order valence-corrected chi connectivity index (χ2v) is 3.64. The summed E-state index contributed by atoms with van der Waals surface area (Å²) in [5, 5.41) is 0. The number of ether oxygens (including phenoxy) is 1. The molecule has 2 heteroatoms. The molecule has 0 aromatic heterocycles. The number of ketones is 1. The van der Waals surface area contributed by atoms with Gasteiger partial charge in [-0.15, -0.1) is 6.58 Å². The lowest BCUT2D eigenvalue weighted by Crippen LogP contribution is -1.98. The van der Waals surface area contributed by atoms with Gasteiger partial charge >= 0.3 is 0 Å². The molecule has 0 spiro atoms. The molecule has 0 atom stereocenters. The Balaban J connectivity index is 2.50. The highest BCUT2D eigenvalue weighted by molar-refractivity contribution is 5.94. The first-order valence-electron chi connectivity index (χ1n) is 4.98. The predicted octanol–water partition coefficient (Wildman–Crippen LogP) is 3.23. The molecule has 1 aromatic carbocycles.